The second kappa shape index (κ2) is 11.2. The van der Waals surface area contributed by atoms with Gasteiger partial charge in [0.05, 0.1) is 13.2 Å². The molecular formula is C28H33O5Sm. The molecule has 0 bridgehead atoms. The Morgan fingerprint density at radius 2 is 1.44 bits per heavy atom. The number of carbonyl (C=O) groups excluding carboxylic acids is 2. The number of aliphatic hydroxyl groups is 1. The first-order valence-electron chi connectivity index (χ1n) is 11.9. The fraction of sp³-hybridized carbons (Fsp3) is 0.464. The normalized spacial score (nSPS) is 27.0. The number of ether oxygens (including phenoxy) is 2. The molecule has 34 heavy (non-hydrogen) atoms. The van der Waals surface area contributed by atoms with Crippen molar-refractivity contribution in [2.75, 3.05) is 13.2 Å². The van der Waals surface area contributed by atoms with Crippen LogP contribution >= 0.6 is 0 Å². The molecule has 2 saturated carbocycles. The monoisotopic (exact) mass is 601 g/mol. The average molecular weight is 600 g/mol. The van der Waals surface area contributed by atoms with Crippen LogP contribution in [-0.2, 0) is 24.5 Å². The molecule has 0 saturated heterocycles. The molecule has 2 fully saturated rings. The quantitative estimate of drug-likeness (QED) is 0.356. The average Bonchev–Trinajstić information content (AvgIpc) is 3.36. The minimum atomic E-state index is -1.29. The van der Waals surface area contributed by atoms with Gasteiger partial charge in [-0.25, -0.2) is 0 Å². The Morgan fingerprint density at radius 1 is 0.912 bits per heavy atom. The van der Waals surface area contributed by atoms with Gasteiger partial charge in [-0.15, -0.1) is 0 Å². The number of esters is 2. The van der Waals surface area contributed by atoms with E-state index in [0.717, 1.165) is 11.1 Å². The second-order valence-electron chi connectivity index (χ2n) is 9.49. The zero-order valence-electron chi connectivity index (χ0n) is 20.0. The van der Waals surface area contributed by atoms with E-state index in [1.54, 1.807) is 13.8 Å². The molecule has 0 unspecified atom stereocenters. The van der Waals surface area contributed by atoms with Crippen LogP contribution in [-0.4, -0.2) is 30.3 Å². The number of hydrogen-bond acceptors (Lipinski definition) is 5. The summed E-state index contributed by atoms with van der Waals surface area (Å²) < 4.78 is 10.8. The van der Waals surface area contributed by atoms with Gasteiger partial charge in [0.1, 0.15) is 6.10 Å². The molecule has 1 N–H and O–H groups in total. The molecular weight excluding hydrogens is 567 g/mol. The number of hydrogen-bond donors (Lipinski definition) is 1. The largest absolute Gasteiger partial charge is 0.465 e. The van der Waals surface area contributed by atoms with Crippen LogP contribution in [0.15, 0.2) is 60.7 Å². The summed E-state index contributed by atoms with van der Waals surface area (Å²) >= 11 is 0. The van der Waals surface area contributed by atoms with E-state index in [2.05, 4.69) is 19.1 Å². The predicted molar refractivity (Wildman–Crippen MR) is 125 cm³/mol. The van der Waals surface area contributed by atoms with Crippen LogP contribution in [0.2, 0.25) is 0 Å². The molecule has 4 atom stereocenters. The van der Waals surface area contributed by atoms with Gasteiger partial charge in [0.15, 0.2) is 5.41 Å². The van der Waals surface area contributed by atoms with Gasteiger partial charge in [0.2, 0.25) is 0 Å². The summed E-state index contributed by atoms with van der Waals surface area (Å²) in [6, 6.07) is 19.8. The van der Waals surface area contributed by atoms with Crippen LogP contribution in [0, 0.1) is 69.7 Å². The Morgan fingerprint density at radius 3 is 1.97 bits per heavy atom. The minimum Gasteiger partial charge on any atom is -0.465 e. The third-order valence-corrected chi connectivity index (χ3v) is 7.91. The smallest absolute Gasteiger partial charge is 0.323 e. The van der Waals surface area contributed by atoms with Gasteiger partial charge in [0, 0.05) is 51.7 Å². The van der Waals surface area contributed by atoms with Crippen molar-refractivity contribution in [3.05, 3.63) is 77.9 Å². The summed E-state index contributed by atoms with van der Waals surface area (Å²) in [5, 5.41) is 11.4. The van der Waals surface area contributed by atoms with E-state index >= 15 is 0 Å². The zero-order chi connectivity index (χ0) is 23.6. The van der Waals surface area contributed by atoms with Gasteiger partial charge in [-0.2, -0.15) is 0 Å². The van der Waals surface area contributed by atoms with Crippen molar-refractivity contribution in [2.24, 2.45) is 23.2 Å². The van der Waals surface area contributed by atoms with Crippen molar-refractivity contribution < 1.29 is 64.6 Å². The molecule has 181 valence electrons. The standard InChI is InChI=1S/C28H33O5.Sm/c1-4-32-25(30)28(26(31)33-5-2)17-20-16-22(24(29)19-12-8-6-9-13-19)27(3,23(20)18-28)21-14-10-7-11-15-21;/h6-15,20,22-23,29H,4-5,16-18H2,1-3H3;/t20-,22+,23+,27+;/m0./s1. The van der Waals surface area contributed by atoms with Gasteiger partial charge in [-0.05, 0) is 56.1 Å². The first-order valence-corrected chi connectivity index (χ1v) is 11.9. The van der Waals surface area contributed by atoms with Gasteiger partial charge in [-0.3, -0.25) is 9.59 Å². The van der Waals surface area contributed by atoms with E-state index in [-0.39, 0.29) is 71.4 Å². The Bertz CT molecular complexity index is 961. The Kier molecular flexibility index (Phi) is 8.95. The molecule has 2 aliphatic rings. The molecule has 0 heterocycles. The third kappa shape index (κ3) is 4.60. The van der Waals surface area contributed by atoms with Crippen molar-refractivity contribution in [2.45, 2.75) is 45.4 Å². The maximum Gasteiger partial charge on any atom is 0.323 e. The molecule has 0 spiro atoms. The van der Waals surface area contributed by atoms with E-state index in [1.807, 2.05) is 48.5 Å². The van der Waals surface area contributed by atoms with Crippen LogP contribution in [0.5, 0.6) is 0 Å². The van der Waals surface area contributed by atoms with E-state index in [0.29, 0.717) is 25.4 Å². The molecule has 5 nitrogen and oxygen atoms in total. The summed E-state index contributed by atoms with van der Waals surface area (Å²) in [6.45, 7) is 6.11. The molecule has 2 aliphatic carbocycles. The number of aliphatic hydroxyl groups excluding tert-OH is 1. The van der Waals surface area contributed by atoms with Gasteiger partial charge in [-0.1, -0.05) is 67.6 Å². The first kappa shape index (κ1) is 27.3. The molecule has 0 aliphatic heterocycles. The molecule has 2 aromatic carbocycles. The van der Waals surface area contributed by atoms with E-state index in [1.165, 1.54) is 0 Å². The van der Waals surface area contributed by atoms with Gasteiger partial charge < -0.3 is 14.6 Å². The number of benzene rings is 2. The molecule has 0 amide bonds. The van der Waals surface area contributed by atoms with Gasteiger partial charge in [0.25, 0.3) is 0 Å². The second-order valence-corrected chi connectivity index (χ2v) is 9.49. The van der Waals surface area contributed by atoms with Crippen molar-refractivity contribution in [1.29, 1.82) is 0 Å². The van der Waals surface area contributed by atoms with Gasteiger partial charge >= 0.3 is 11.9 Å². The number of rotatable bonds is 7. The summed E-state index contributed by atoms with van der Waals surface area (Å²) in [7, 11) is 0. The van der Waals surface area contributed by atoms with E-state index in [9.17, 15) is 14.7 Å². The Hall–Kier alpha value is -1.32. The predicted octanol–water partition coefficient (Wildman–Crippen LogP) is 5.06. The molecule has 0 aromatic heterocycles. The maximum atomic E-state index is 13.1. The Labute approximate surface area is 234 Å². The molecule has 4 rings (SSSR count). The summed E-state index contributed by atoms with van der Waals surface area (Å²) in [6.07, 6.45) is 1.81. The van der Waals surface area contributed by atoms with Crippen LogP contribution < -0.4 is 0 Å². The van der Waals surface area contributed by atoms with Crippen LogP contribution in [0.25, 0.3) is 0 Å². The Balaban J connectivity index is 0.00000324. The molecule has 6 heteroatoms. The van der Waals surface area contributed by atoms with Crippen LogP contribution in [0.3, 0.4) is 0 Å². The van der Waals surface area contributed by atoms with Crippen LogP contribution in [0.4, 0.5) is 0 Å². The van der Waals surface area contributed by atoms with Crippen molar-refractivity contribution >= 4 is 11.9 Å². The fourth-order valence-corrected chi connectivity index (χ4v) is 6.34. The third-order valence-electron chi connectivity index (χ3n) is 7.91. The first-order chi connectivity index (χ1) is 15.9. The number of carbonyl (C=O) groups is 2. The fourth-order valence-electron chi connectivity index (χ4n) is 6.34. The van der Waals surface area contributed by atoms with Crippen molar-refractivity contribution in [3.63, 3.8) is 0 Å². The summed E-state index contributed by atoms with van der Waals surface area (Å²) in [4.78, 5) is 26.2. The SMILES string of the molecule is CCOC(=O)C1(C(=O)OCC)C[C@@H]2C[C@H]([C](O)c3ccccc3)[C@@](C)(c3ccccc3)[C@@H]2C1.[Sm]. The van der Waals surface area contributed by atoms with Crippen LogP contribution in [0.1, 0.15) is 51.2 Å². The zero-order valence-corrected chi connectivity index (χ0v) is 22.6. The minimum absolute atomic E-state index is 0. The molecule has 1 radical (unpaired) electrons. The maximum absolute atomic E-state index is 13.1. The van der Waals surface area contributed by atoms with E-state index in [4.69, 9.17) is 9.47 Å². The van der Waals surface area contributed by atoms with E-state index < -0.39 is 22.8 Å². The molecule has 2 aromatic rings. The topological polar surface area (TPSA) is 72.8 Å². The van der Waals surface area contributed by atoms with Crippen molar-refractivity contribution in [1.82, 2.24) is 0 Å². The van der Waals surface area contributed by atoms with Crippen molar-refractivity contribution in [3.8, 4) is 0 Å². The summed E-state index contributed by atoms with van der Waals surface area (Å²) in [5.41, 5.74) is 0.178. The summed E-state index contributed by atoms with van der Waals surface area (Å²) in [5.74, 6) is -0.994. The number of fused-ring (bicyclic) bond motifs is 1.